The van der Waals surface area contributed by atoms with Crippen LogP contribution in [-0.2, 0) is 19.7 Å². The highest BCUT2D eigenvalue weighted by molar-refractivity contribution is 7.94. The van der Waals surface area contributed by atoms with Gasteiger partial charge in [-0.1, -0.05) is 0 Å². The first-order chi connectivity index (χ1) is 7.60. The summed E-state index contributed by atoms with van der Waals surface area (Å²) in [6.45, 7) is 0. The van der Waals surface area contributed by atoms with E-state index in [9.17, 15) is 21.2 Å². The van der Waals surface area contributed by atoms with Crippen molar-refractivity contribution in [1.29, 1.82) is 0 Å². The standard InChI is InChI=1S/C9H12FNO4S2/c1-16(12,13)2-3-17(14,15)9-5-7(10)4-8(11)6-9/h4-6H,2-3,11H2,1H3. The van der Waals surface area contributed by atoms with Gasteiger partial charge >= 0.3 is 0 Å². The van der Waals surface area contributed by atoms with Crippen molar-refractivity contribution >= 4 is 25.4 Å². The molecule has 0 aromatic heterocycles. The number of halogens is 1. The minimum atomic E-state index is -3.84. The molecule has 0 radical (unpaired) electrons. The van der Waals surface area contributed by atoms with Crippen molar-refractivity contribution in [2.75, 3.05) is 23.5 Å². The van der Waals surface area contributed by atoms with Crippen molar-refractivity contribution in [3.8, 4) is 0 Å². The van der Waals surface area contributed by atoms with Gasteiger partial charge in [0.1, 0.15) is 15.7 Å². The number of hydrogen-bond donors (Lipinski definition) is 1. The van der Waals surface area contributed by atoms with Gasteiger partial charge in [-0.25, -0.2) is 21.2 Å². The van der Waals surface area contributed by atoms with Crippen molar-refractivity contribution in [3.05, 3.63) is 24.0 Å². The van der Waals surface area contributed by atoms with E-state index in [-0.39, 0.29) is 10.6 Å². The first-order valence-corrected chi connectivity index (χ1v) is 8.28. The lowest BCUT2D eigenvalue weighted by Gasteiger charge is -2.05. The van der Waals surface area contributed by atoms with E-state index in [0.717, 1.165) is 24.5 Å². The Morgan fingerprint density at radius 2 is 1.71 bits per heavy atom. The van der Waals surface area contributed by atoms with E-state index >= 15 is 0 Å². The molecule has 0 spiro atoms. The molecule has 1 aromatic carbocycles. The third-order valence-electron chi connectivity index (χ3n) is 1.98. The van der Waals surface area contributed by atoms with E-state index in [2.05, 4.69) is 0 Å². The maximum Gasteiger partial charge on any atom is 0.179 e. The monoisotopic (exact) mass is 281 g/mol. The summed E-state index contributed by atoms with van der Waals surface area (Å²) in [5, 5.41) is 0. The third kappa shape index (κ3) is 4.31. The van der Waals surface area contributed by atoms with Crippen LogP contribution in [0.3, 0.4) is 0 Å². The van der Waals surface area contributed by atoms with Crippen molar-refractivity contribution < 1.29 is 21.2 Å². The fourth-order valence-electron chi connectivity index (χ4n) is 1.14. The summed E-state index contributed by atoms with van der Waals surface area (Å²) in [6, 6.07) is 2.89. The molecule has 96 valence electrons. The fraction of sp³-hybridized carbons (Fsp3) is 0.333. The second-order valence-electron chi connectivity index (χ2n) is 3.67. The molecule has 0 saturated carbocycles. The Hall–Kier alpha value is -1.15. The molecular formula is C9H12FNO4S2. The van der Waals surface area contributed by atoms with E-state index in [1.165, 1.54) is 0 Å². The summed E-state index contributed by atoms with van der Waals surface area (Å²) < 4.78 is 58.1. The topological polar surface area (TPSA) is 94.3 Å². The van der Waals surface area contributed by atoms with Gasteiger partial charge in [-0.3, -0.25) is 0 Å². The smallest absolute Gasteiger partial charge is 0.179 e. The summed E-state index contributed by atoms with van der Waals surface area (Å²) >= 11 is 0. The van der Waals surface area contributed by atoms with Crippen molar-refractivity contribution in [2.24, 2.45) is 0 Å². The van der Waals surface area contributed by atoms with Gasteiger partial charge in [0, 0.05) is 11.9 Å². The molecule has 0 aliphatic heterocycles. The lowest BCUT2D eigenvalue weighted by atomic mass is 10.3. The summed E-state index contributed by atoms with van der Waals surface area (Å²) in [6.07, 6.45) is 0.933. The van der Waals surface area contributed by atoms with Crippen LogP contribution in [0.4, 0.5) is 10.1 Å². The maximum atomic E-state index is 13.0. The molecule has 0 aliphatic carbocycles. The van der Waals surface area contributed by atoms with Crippen LogP contribution in [0.2, 0.25) is 0 Å². The predicted molar refractivity (Wildman–Crippen MR) is 62.6 cm³/mol. The minimum absolute atomic E-state index is 0.0251. The van der Waals surface area contributed by atoms with Crippen LogP contribution < -0.4 is 5.73 Å². The average molecular weight is 281 g/mol. The molecule has 2 N–H and O–H groups in total. The molecular weight excluding hydrogens is 269 g/mol. The van der Waals surface area contributed by atoms with Crippen molar-refractivity contribution in [1.82, 2.24) is 0 Å². The van der Waals surface area contributed by atoms with Gasteiger partial charge in [-0.2, -0.15) is 0 Å². The SMILES string of the molecule is CS(=O)(=O)CCS(=O)(=O)c1cc(N)cc(F)c1. The van der Waals surface area contributed by atoms with Crippen LogP contribution in [0.5, 0.6) is 0 Å². The molecule has 0 atom stereocenters. The molecule has 0 bridgehead atoms. The number of nitrogens with two attached hydrogens (primary N) is 1. The van der Waals surface area contributed by atoms with Crippen molar-refractivity contribution in [3.63, 3.8) is 0 Å². The van der Waals surface area contributed by atoms with Gasteiger partial charge in [0.25, 0.3) is 0 Å². The lowest BCUT2D eigenvalue weighted by molar-refractivity contribution is 0.587. The first-order valence-electron chi connectivity index (χ1n) is 4.57. The minimum Gasteiger partial charge on any atom is -0.399 e. The highest BCUT2D eigenvalue weighted by Gasteiger charge is 2.18. The van der Waals surface area contributed by atoms with Crippen LogP contribution >= 0.6 is 0 Å². The van der Waals surface area contributed by atoms with Gasteiger partial charge in [0.15, 0.2) is 9.84 Å². The highest BCUT2D eigenvalue weighted by atomic mass is 32.2. The highest BCUT2D eigenvalue weighted by Crippen LogP contribution is 2.17. The molecule has 5 nitrogen and oxygen atoms in total. The molecule has 0 aliphatic rings. The van der Waals surface area contributed by atoms with Crippen LogP contribution in [0, 0.1) is 5.82 Å². The molecule has 0 amide bonds. The molecule has 1 aromatic rings. The molecule has 8 heteroatoms. The Morgan fingerprint density at radius 1 is 1.12 bits per heavy atom. The number of benzene rings is 1. The second kappa shape index (κ2) is 4.61. The fourth-order valence-corrected chi connectivity index (χ4v) is 4.08. The van der Waals surface area contributed by atoms with E-state index in [0.29, 0.717) is 0 Å². The van der Waals surface area contributed by atoms with Crippen LogP contribution in [0.25, 0.3) is 0 Å². The number of sulfone groups is 2. The zero-order valence-electron chi connectivity index (χ0n) is 9.05. The van der Waals surface area contributed by atoms with E-state index in [1.807, 2.05) is 0 Å². The number of hydrogen-bond acceptors (Lipinski definition) is 5. The largest absolute Gasteiger partial charge is 0.399 e. The quantitative estimate of drug-likeness (QED) is 0.797. The normalized spacial score (nSPS) is 12.6. The molecule has 0 heterocycles. The van der Waals surface area contributed by atoms with Gasteiger partial charge < -0.3 is 5.73 Å². The van der Waals surface area contributed by atoms with Gasteiger partial charge in [0.2, 0.25) is 0 Å². The summed E-state index contributed by atoms with van der Waals surface area (Å²) in [5.74, 6) is -1.87. The van der Waals surface area contributed by atoms with E-state index in [4.69, 9.17) is 5.73 Å². The Bertz CT molecular complexity index is 602. The lowest BCUT2D eigenvalue weighted by Crippen LogP contribution is -2.16. The summed E-state index contributed by atoms with van der Waals surface area (Å²) in [7, 11) is -7.23. The number of anilines is 1. The van der Waals surface area contributed by atoms with Gasteiger partial charge in [-0.15, -0.1) is 0 Å². The molecule has 0 unspecified atom stereocenters. The Labute approximate surface area is 99.3 Å². The molecule has 0 saturated heterocycles. The number of nitrogen functional groups attached to an aromatic ring is 1. The van der Waals surface area contributed by atoms with Crippen LogP contribution in [0.1, 0.15) is 0 Å². The molecule has 17 heavy (non-hydrogen) atoms. The number of rotatable bonds is 4. The summed E-state index contributed by atoms with van der Waals surface area (Å²) in [4.78, 5) is -0.307. The molecule has 0 fully saturated rings. The van der Waals surface area contributed by atoms with Crippen LogP contribution in [0.15, 0.2) is 23.1 Å². The zero-order chi connectivity index (χ0) is 13.3. The Kier molecular flexibility index (Phi) is 3.78. The van der Waals surface area contributed by atoms with E-state index in [1.54, 1.807) is 0 Å². The third-order valence-corrected chi connectivity index (χ3v) is 4.88. The van der Waals surface area contributed by atoms with Crippen molar-refractivity contribution in [2.45, 2.75) is 4.90 Å². The Balaban J connectivity index is 3.05. The second-order valence-corrected chi connectivity index (χ2v) is 8.04. The average Bonchev–Trinajstić information content (AvgIpc) is 2.12. The van der Waals surface area contributed by atoms with Gasteiger partial charge in [-0.05, 0) is 18.2 Å². The predicted octanol–water partition coefficient (Wildman–Crippen LogP) is 0.226. The molecule has 1 rings (SSSR count). The van der Waals surface area contributed by atoms with Crippen LogP contribution in [-0.4, -0.2) is 34.6 Å². The Morgan fingerprint density at radius 3 is 2.18 bits per heavy atom. The maximum absolute atomic E-state index is 13.0. The zero-order valence-corrected chi connectivity index (χ0v) is 10.7. The summed E-state index contributed by atoms with van der Waals surface area (Å²) in [5.41, 5.74) is 5.29. The van der Waals surface area contributed by atoms with E-state index < -0.39 is 37.0 Å². The first kappa shape index (κ1) is 13.9. The van der Waals surface area contributed by atoms with Gasteiger partial charge in [0.05, 0.1) is 16.4 Å².